The van der Waals surface area contributed by atoms with E-state index in [1.54, 1.807) is 11.6 Å². The Balaban J connectivity index is 2.22. The summed E-state index contributed by atoms with van der Waals surface area (Å²) < 4.78 is 2.91. The zero-order valence-electron chi connectivity index (χ0n) is 13.5. The van der Waals surface area contributed by atoms with Gasteiger partial charge in [-0.15, -0.1) is 0 Å². The summed E-state index contributed by atoms with van der Waals surface area (Å²) in [6.07, 6.45) is 0. The molecule has 0 atom stereocenters. The lowest BCUT2D eigenvalue weighted by Crippen LogP contribution is -2.45. The number of ketones is 1. The molecule has 2 aromatic rings. The first-order chi connectivity index (χ1) is 10.9. The molecule has 0 aromatic carbocycles. The van der Waals surface area contributed by atoms with Crippen molar-refractivity contribution in [3.8, 4) is 0 Å². The molecular formula is C14H20N6O3. The number of H-pyrrole nitrogens is 1. The number of aryl methyl sites for hydroxylation is 1. The molecule has 0 radical (unpaired) electrons. The van der Waals surface area contributed by atoms with Gasteiger partial charge in [-0.1, -0.05) is 0 Å². The van der Waals surface area contributed by atoms with Gasteiger partial charge in [0, 0.05) is 33.2 Å². The van der Waals surface area contributed by atoms with Crippen LogP contribution in [-0.4, -0.2) is 63.0 Å². The van der Waals surface area contributed by atoms with E-state index < -0.39 is 11.2 Å². The van der Waals surface area contributed by atoms with Crippen molar-refractivity contribution in [1.29, 1.82) is 0 Å². The number of fused-ring (bicyclic) bond motifs is 1. The fourth-order valence-electron chi connectivity index (χ4n) is 2.84. The second-order valence-corrected chi connectivity index (χ2v) is 5.98. The first-order valence-electron chi connectivity index (χ1n) is 7.51. The summed E-state index contributed by atoms with van der Waals surface area (Å²) >= 11 is 0. The number of anilines is 1. The number of nitrogens with zero attached hydrogens (tertiary/aromatic N) is 5. The summed E-state index contributed by atoms with van der Waals surface area (Å²) in [6.45, 7) is 4.78. The number of imidazole rings is 1. The van der Waals surface area contributed by atoms with Gasteiger partial charge in [0.25, 0.3) is 5.56 Å². The number of hydrogen-bond acceptors (Lipinski definition) is 6. The number of carbonyl (C=O) groups excluding carboxylic acids is 1. The van der Waals surface area contributed by atoms with Gasteiger partial charge in [-0.05, 0) is 14.0 Å². The Morgan fingerprint density at radius 2 is 1.83 bits per heavy atom. The Kier molecular flexibility index (Phi) is 3.80. The van der Waals surface area contributed by atoms with Gasteiger partial charge < -0.3 is 9.80 Å². The maximum atomic E-state index is 12.2. The van der Waals surface area contributed by atoms with E-state index in [9.17, 15) is 14.4 Å². The summed E-state index contributed by atoms with van der Waals surface area (Å²) in [5.41, 5.74) is -0.470. The minimum atomic E-state index is -0.516. The van der Waals surface area contributed by atoms with Crippen molar-refractivity contribution in [3.05, 3.63) is 20.8 Å². The molecule has 1 fully saturated rings. The van der Waals surface area contributed by atoms with Gasteiger partial charge in [-0.3, -0.25) is 23.7 Å². The summed E-state index contributed by atoms with van der Waals surface area (Å²) in [5, 5.41) is 0. The lowest BCUT2D eigenvalue weighted by atomic mass is 10.3. The number of hydrogen-bond donors (Lipinski definition) is 1. The van der Waals surface area contributed by atoms with E-state index in [2.05, 4.69) is 14.9 Å². The van der Waals surface area contributed by atoms with Crippen molar-refractivity contribution in [2.45, 2.75) is 13.5 Å². The molecule has 0 aliphatic carbocycles. The van der Waals surface area contributed by atoms with E-state index in [1.807, 2.05) is 11.9 Å². The van der Waals surface area contributed by atoms with Crippen LogP contribution < -0.4 is 16.1 Å². The third-order valence-electron chi connectivity index (χ3n) is 4.15. The van der Waals surface area contributed by atoms with Crippen LogP contribution in [0.25, 0.3) is 11.2 Å². The number of aromatic amines is 1. The smallest absolute Gasteiger partial charge is 0.329 e. The van der Waals surface area contributed by atoms with Crippen LogP contribution in [0.2, 0.25) is 0 Å². The first-order valence-corrected chi connectivity index (χ1v) is 7.51. The largest absolute Gasteiger partial charge is 0.340 e. The number of aromatic nitrogens is 4. The molecule has 1 aliphatic heterocycles. The first kappa shape index (κ1) is 15.5. The quantitative estimate of drug-likeness (QED) is 0.760. The molecule has 23 heavy (non-hydrogen) atoms. The topological polar surface area (TPSA) is 96.2 Å². The molecule has 0 spiro atoms. The zero-order chi connectivity index (χ0) is 16.7. The number of Topliss-reactive ketones (excluding diaryl/α,β-unsaturated/α-hetero) is 1. The minimum absolute atomic E-state index is 0.0550. The van der Waals surface area contributed by atoms with Crippen molar-refractivity contribution in [1.82, 2.24) is 24.0 Å². The fraction of sp³-hybridized carbons (Fsp3) is 0.571. The molecular weight excluding hydrogens is 300 g/mol. The van der Waals surface area contributed by atoms with Crippen LogP contribution in [0.15, 0.2) is 9.59 Å². The number of piperazine rings is 1. The van der Waals surface area contributed by atoms with Crippen LogP contribution in [-0.2, 0) is 18.4 Å². The molecule has 124 valence electrons. The van der Waals surface area contributed by atoms with Crippen molar-refractivity contribution in [2.75, 3.05) is 38.1 Å². The standard InChI is InChI=1S/C14H20N6O3/c1-9(21)8-20-10-11(18(3)14(23)16-12(10)22)15-13(20)19-6-4-17(2)5-7-19/h4-8H2,1-3H3,(H,16,22,23). The molecule has 1 N–H and O–H groups in total. The molecule has 1 aliphatic rings. The maximum Gasteiger partial charge on any atom is 0.329 e. The van der Waals surface area contributed by atoms with Gasteiger partial charge in [-0.2, -0.15) is 4.98 Å². The zero-order valence-corrected chi connectivity index (χ0v) is 13.5. The summed E-state index contributed by atoms with van der Waals surface area (Å²) in [5.74, 6) is 0.489. The average Bonchev–Trinajstić information content (AvgIpc) is 2.85. The Morgan fingerprint density at radius 3 is 2.43 bits per heavy atom. The Morgan fingerprint density at radius 1 is 1.17 bits per heavy atom. The molecule has 0 unspecified atom stereocenters. The average molecular weight is 320 g/mol. The Labute approximate surface area is 132 Å². The summed E-state index contributed by atoms with van der Waals surface area (Å²) in [6, 6.07) is 0. The van der Waals surface area contributed by atoms with Crippen molar-refractivity contribution >= 4 is 22.9 Å². The van der Waals surface area contributed by atoms with E-state index in [0.717, 1.165) is 26.2 Å². The van der Waals surface area contributed by atoms with Gasteiger partial charge in [0.15, 0.2) is 11.2 Å². The predicted octanol–water partition coefficient (Wildman–Crippen LogP) is -1.24. The Bertz CT molecular complexity index is 869. The molecule has 1 saturated heterocycles. The van der Waals surface area contributed by atoms with Crippen molar-refractivity contribution in [3.63, 3.8) is 0 Å². The second kappa shape index (κ2) is 5.65. The van der Waals surface area contributed by atoms with Crippen LogP contribution in [0.1, 0.15) is 6.92 Å². The van der Waals surface area contributed by atoms with Gasteiger partial charge in [-0.25, -0.2) is 4.79 Å². The van der Waals surface area contributed by atoms with Gasteiger partial charge >= 0.3 is 5.69 Å². The monoisotopic (exact) mass is 320 g/mol. The number of carbonyl (C=O) groups is 1. The Hall–Kier alpha value is -2.42. The molecule has 0 bridgehead atoms. The predicted molar refractivity (Wildman–Crippen MR) is 86.0 cm³/mol. The van der Waals surface area contributed by atoms with E-state index >= 15 is 0 Å². The molecule has 9 nitrogen and oxygen atoms in total. The molecule has 2 aromatic heterocycles. The SMILES string of the molecule is CC(=O)Cn1c(N2CCN(C)CC2)nc2c1c(=O)[nH]c(=O)n2C. The van der Waals surface area contributed by atoms with Crippen molar-refractivity contribution in [2.24, 2.45) is 7.05 Å². The lowest BCUT2D eigenvalue weighted by Gasteiger charge is -2.33. The molecule has 3 rings (SSSR count). The third-order valence-corrected chi connectivity index (χ3v) is 4.15. The third kappa shape index (κ3) is 2.67. The van der Waals surface area contributed by atoms with Crippen molar-refractivity contribution < 1.29 is 4.79 Å². The van der Waals surface area contributed by atoms with Gasteiger partial charge in [0.1, 0.15) is 5.78 Å². The number of rotatable bonds is 3. The van der Waals surface area contributed by atoms with E-state index in [0.29, 0.717) is 11.6 Å². The number of likely N-dealkylation sites (N-methyl/N-ethyl adjacent to an activating group) is 1. The minimum Gasteiger partial charge on any atom is -0.340 e. The number of nitrogens with one attached hydrogen (secondary N) is 1. The highest BCUT2D eigenvalue weighted by Crippen LogP contribution is 2.20. The second-order valence-electron chi connectivity index (χ2n) is 5.98. The molecule has 0 saturated carbocycles. The van der Waals surface area contributed by atoms with Crippen LogP contribution in [0.3, 0.4) is 0 Å². The highest BCUT2D eigenvalue weighted by atomic mass is 16.2. The van der Waals surface area contributed by atoms with Gasteiger partial charge in [0.2, 0.25) is 5.95 Å². The maximum absolute atomic E-state index is 12.2. The van der Waals surface area contributed by atoms with E-state index in [-0.39, 0.29) is 17.8 Å². The van der Waals surface area contributed by atoms with E-state index in [4.69, 9.17) is 0 Å². The van der Waals surface area contributed by atoms with Crippen LogP contribution in [0.4, 0.5) is 5.95 Å². The lowest BCUT2D eigenvalue weighted by molar-refractivity contribution is -0.117. The van der Waals surface area contributed by atoms with Crippen LogP contribution in [0.5, 0.6) is 0 Å². The van der Waals surface area contributed by atoms with Gasteiger partial charge in [0.05, 0.1) is 6.54 Å². The van der Waals surface area contributed by atoms with E-state index in [1.165, 1.54) is 11.5 Å². The van der Waals surface area contributed by atoms with Crippen LogP contribution >= 0.6 is 0 Å². The molecule has 9 heteroatoms. The van der Waals surface area contributed by atoms with Crippen LogP contribution in [0, 0.1) is 0 Å². The normalized spacial score (nSPS) is 16.2. The highest BCUT2D eigenvalue weighted by molar-refractivity contribution is 5.81. The fourth-order valence-corrected chi connectivity index (χ4v) is 2.84. The summed E-state index contributed by atoms with van der Waals surface area (Å²) in [7, 11) is 3.60. The summed E-state index contributed by atoms with van der Waals surface area (Å²) in [4.78, 5) is 46.7. The molecule has 3 heterocycles. The molecule has 0 amide bonds. The highest BCUT2D eigenvalue weighted by Gasteiger charge is 2.24.